The fourth-order valence-electron chi connectivity index (χ4n) is 3.85. The molecule has 3 aromatic rings. The molecule has 8 nitrogen and oxygen atoms in total. The summed E-state index contributed by atoms with van der Waals surface area (Å²) < 4.78 is 33.2. The molecule has 1 aromatic carbocycles. The number of anilines is 1. The van der Waals surface area contributed by atoms with Crippen molar-refractivity contribution in [1.29, 1.82) is 0 Å². The number of fused-ring (bicyclic) bond motifs is 2. The van der Waals surface area contributed by atoms with Crippen LogP contribution in [-0.2, 0) is 37.2 Å². The van der Waals surface area contributed by atoms with Crippen molar-refractivity contribution in [3.8, 4) is 0 Å². The first-order chi connectivity index (χ1) is 14.7. The smallest absolute Gasteiger partial charge is 0.305 e. The van der Waals surface area contributed by atoms with Gasteiger partial charge in [0.2, 0.25) is 5.91 Å². The summed E-state index contributed by atoms with van der Waals surface area (Å²) in [4.78, 5) is 29.4. The van der Waals surface area contributed by atoms with Gasteiger partial charge in [0.1, 0.15) is 5.15 Å². The van der Waals surface area contributed by atoms with Crippen LogP contribution in [0.4, 0.5) is 5.69 Å². The lowest BCUT2D eigenvalue weighted by Gasteiger charge is -2.16. The first kappa shape index (κ1) is 21.3. The van der Waals surface area contributed by atoms with Crippen LogP contribution in [0.1, 0.15) is 24.6 Å². The van der Waals surface area contributed by atoms with Gasteiger partial charge < -0.3 is 9.64 Å². The van der Waals surface area contributed by atoms with Crippen molar-refractivity contribution in [2.24, 2.45) is 0 Å². The standard InChI is InChI=1S/C21H20ClN3O5S/c1-13(26)24-10-9-14-11-16(4-5-18(14)24)31(28,29)25-15(3-8-21(27)30-2)12-17-19(25)6-7-20(22)23-17/h4-7,11-12H,3,8-10H2,1-2H3. The minimum atomic E-state index is -4.00. The number of carbonyl (C=O) groups is 2. The lowest BCUT2D eigenvalue weighted by Crippen LogP contribution is -2.25. The topological polar surface area (TPSA) is 98.6 Å². The molecule has 162 valence electrons. The third-order valence-electron chi connectivity index (χ3n) is 5.33. The van der Waals surface area contributed by atoms with E-state index in [1.54, 1.807) is 29.2 Å². The molecule has 0 fully saturated rings. The van der Waals surface area contributed by atoms with Crippen molar-refractivity contribution in [1.82, 2.24) is 8.96 Å². The van der Waals surface area contributed by atoms with Gasteiger partial charge in [0.25, 0.3) is 10.0 Å². The Balaban J connectivity index is 1.83. The molecule has 0 N–H and O–H groups in total. The fraction of sp³-hybridized carbons (Fsp3) is 0.286. The zero-order valence-corrected chi connectivity index (χ0v) is 18.5. The maximum absolute atomic E-state index is 13.6. The van der Waals surface area contributed by atoms with Crippen LogP contribution in [0.2, 0.25) is 5.15 Å². The van der Waals surface area contributed by atoms with Crippen molar-refractivity contribution in [3.63, 3.8) is 0 Å². The molecule has 1 aliphatic rings. The summed E-state index contributed by atoms with van der Waals surface area (Å²) in [5.74, 6) is -0.527. The minimum absolute atomic E-state index is 0.0217. The van der Waals surface area contributed by atoms with Crippen LogP contribution in [-0.4, -0.2) is 42.9 Å². The van der Waals surface area contributed by atoms with Crippen LogP contribution in [0.25, 0.3) is 11.0 Å². The molecular formula is C21H20ClN3O5S. The van der Waals surface area contributed by atoms with E-state index in [1.807, 2.05) is 0 Å². The predicted molar refractivity (Wildman–Crippen MR) is 116 cm³/mol. The lowest BCUT2D eigenvalue weighted by molar-refractivity contribution is -0.140. The highest BCUT2D eigenvalue weighted by Gasteiger charge is 2.28. The van der Waals surface area contributed by atoms with Gasteiger partial charge >= 0.3 is 5.97 Å². The Morgan fingerprint density at radius 3 is 2.68 bits per heavy atom. The third-order valence-corrected chi connectivity index (χ3v) is 7.30. The van der Waals surface area contributed by atoms with Crippen molar-refractivity contribution < 1.29 is 22.7 Å². The van der Waals surface area contributed by atoms with Crippen LogP contribution in [0.5, 0.6) is 0 Å². The summed E-state index contributed by atoms with van der Waals surface area (Å²) in [5, 5.41) is 0.239. The molecule has 0 saturated carbocycles. The third kappa shape index (κ3) is 3.79. The van der Waals surface area contributed by atoms with Gasteiger partial charge in [-0.3, -0.25) is 9.59 Å². The van der Waals surface area contributed by atoms with E-state index in [0.29, 0.717) is 29.7 Å². The molecular weight excluding hydrogens is 442 g/mol. The van der Waals surface area contributed by atoms with Gasteiger partial charge in [0.15, 0.2) is 0 Å². The zero-order valence-electron chi connectivity index (χ0n) is 17.0. The summed E-state index contributed by atoms with van der Waals surface area (Å²) in [7, 11) is -2.72. The first-order valence-electron chi connectivity index (χ1n) is 9.62. The number of methoxy groups -OCH3 is 1. The van der Waals surface area contributed by atoms with E-state index < -0.39 is 16.0 Å². The number of aromatic nitrogens is 2. The number of pyridine rings is 1. The second-order valence-corrected chi connectivity index (χ2v) is 9.40. The molecule has 4 rings (SSSR count). The molecule has 3 heterocycles. The Morgan fingerprint density at radius 2 is 1.97 bits per heavy atom. The number of esters is 1. The Bertz CT molecular complexity index is 1320. The summed E-state index contributed by atoms with van der Waals surface area (Å²) in [6, 6.07) is 9.49. The molecule has 10 heteroatoms. The molecule has 1 aliphatic heterocycles. The Kier molecular flexibility index (Phi) is 5.49. The average Bonchev–Trinajstić information content (AvgIpc) is 3.32. The van der Waals surface area contributed by atoms with Crippen LogP contribution in [0, 0.1) is 0 Å². The maximum atomic E-state index is 13.6. The quantitative estimate of drug-likeness (QED) is 0.428. The van der Waals surface area contributed by atoms with E-state index in [-0.39, 0.29) is 28.8 Å². The van der Waals surface area contributed by atoms with Crippen molar-refractivity contribution >= 4 is 50.2 Å². The molecule has 0 unspecified atom stereocenters. The summed E-state index contributed by atoms with van der Waals surface area (Å²) in [5.41, 5.74) is 2.71. The number of rotatable bonds is 5. The Hall–Kier alpha value is -2.91. The summed E-state index contributed by atoms with van der Waals surface area (Å²) in [6.45, 7) is 2.00. The van der Waals surface area contributed by atoms with Gasteiger partial charge in [0.05, 0.1) is 29.5 Å². The van der Waals surface area contributed by atoms with Gasteiger partial charge in [-0.15, -0.1) is 0 Å². The molecule has 0 atom stereocenters. The van der Waals surface area contributed by atoms with Crippen molar-refractivity contribution in [3.05, 3.63) is 52.8 Å². The van der Waals surface area contributed by atoms with Crippen LogP contribution < -0.4 is 4.90 Å². The van der Waals surface area contributed by atoms with Gasteiger partial charge in [-0.25, -0.2) is 17.4 Å². The molecule has 0 radical (unpaired) electrons. The number of halogens is 1. The second kappa shape index (κ2) is 7.97. The van der Waals surface area contributed by atoms with Crippen LogP contribution in [0.3, 0.4) is 0 Å². The molecule has 31 heavy (non-hydrogen) atoms. The predicted octanol–water partition coefficient (Wildman–Crippen LogP) is 2.94. The largest absolute Gasteiger partial charge is 0.469 e. The average molecular weight is 462 g/mol. The van der Waals surface area contributed by atoms with E-state index >= 15 is 0 Å². The highest BCUT2D eigenvalue weighted by Crippen LogP contribution is 2.33. The monoisotopic (exact) mass is 461 g/mol. The van der Waals surface area contributed by atoms with E-state index in [9.17, 15) is 18.0 Å². The SMILES string of the molecule is COC(=O)CCc1cc2nc(Cl)ccc2n1S(=O)(=O)c1ccc2c(c1)CCN2C(C)=O. The zero-order chi connectivity index (χ0) is 22.3. The Morgan fingerprint density at radius 1 is 1.19 bits per heavy atom. The number of nitrogens with zero attached hydrogens (tertiary/aromatic N) is 3. The number of benzene rings is 1. The number of hydrogen-bond donors (Lipinski definition) is 0. The van der Waals surface area contributed by atoms with Crippen LogP contribution >= 0.6 is 11.6 Å². The second-order valence-electron chi connectivity index (χ2n) is 7.23. The van der Waals surface area contributed by atoms with Gasteiger partial charge in [-0.1, -0.05) is 11.6 Å². The normalized spacial score (nSPS) is 13.5. The number of hydrogen-bond acceptors (Lipinski definition) is 6. The first-order valence-corrected chi connectivity index (χ1v) is 11.4. The number of ether oxygens (including phenoxy) is 1. The van der Waals surface area contributed by atoms with Crippen molar-refractivity contribution in [2.45, 2.75) is 31.1 Å². The van der Waals surface area contributed by atoms with E-state index in [1.165, 1.54) is 30.1 Å². The van der Waals surface area contributed by atoms with Crippen LogP contribution in [0.15, 0.2) is 41.3 Å². The number of aryl methyl sites for hydroxylation is 1. The van der Waals surface area contributed by atoms with Gasteiger partial charge in [0, 0.05) is 24.8 Å². The van der Waals surface area contributed by atoms with Crippen molar-refractivity contribution in [2.75, 3.05) is 18.6 Å². The number of amides is 1. The highest BCUT2D eigenvalue weighted by molar-refractivity contribution is 7.90. The summed E-state index contributed by atoms with van der Waals surface area (Å²) >= 11 is 5.99. The number of carbonyl (C=O) groups excluding carboxylic acids is 2. The minimum Gasteiger partial charge on any atom is -0.469 e. The molecule has 0 aliphatic carbocycles. The molecule has 0 bridgehead atoms. The lowest BCUT2D eigenvalue weighted by atomic mass is 10.2. The van der Waals surface area contributed by atoms with E-state index in [2.05, 4.69) is 9.72 Å². The Labute approximate surface area is 184 Å². The van der Waals surface area contributed by atoms with E-state index in [0.717, 1.165) is 11.3 Å². The van der Waals surface area contributed by atoms with Gasteiger partial charge in [-0.2, -0.15) is 0 Å². The highest BCUT2D eigenvalue weighted by atomic mass is 35.5. The molecule has 2 aromatic heterocycles. The summed E-state index contributed by atoms with van der Waals surface area (Å²) in [6.07, 6.45) is 0.758. The molecule has 0 saturated heterocycles. The maximum Gasteiger partial charge on any atom is 0.305 e. The fourth-order valence-corrected chi connectivity index (χ4v) is 5.61. The molecule has 0 spiro atoms. The molecule has 1 amide bonds. The van der Waals surface area contributed by atoms with E-state index in [4.69, 9.17) is 11.6 Å². The van der Waals surface area contributed by atoms with Gasteiger partial charge in [-0.05, 0) is 54.8 Å².